The molecule has 0 radical (unpaired) electrons. The number of carbonyl (C=O) groups excluding carboxylic acids is 3. The summed E-state index contributed by atoms with van der Waals surface area (Å²) in [6, 6.07) is 25.0. The summed E-state index contributed by atoms with van der Waals surface area (Å²) in [7, 11) is 0. The Morgan fingerprint density at radius 2 is 1.67 bits per heavy atom. The van der Waals surface area contributed by atoms with Gasteiger partial charge >= 0.3 is 12.0 Å². The molecule has 0 bridgehead atoms. The van der Waals surface area contributed by atoms with E-state index in [2.05, 4.69) is 10.6 Å². The van der Waals surface area contributed by atoms with Gasteiger partial charge in [0.25, 0.3) is 0 Å². The summed E-state index contributed by atoms with van der Waals surface area (Å²) >= 11 is 0. The van der Waals surface area contributed by atoms with Crippen LogP contribution in [-0.4, -0.2) is 42.6 Å². The number of nitrogens with zero attached hydrogens (tertiary/aromatic N) is 1. The van der Waals surface area contributed by atoms with Crippen molar-refractivity contribution >= 4 is 29.3 Å². The number of nitrogens with one attached hydrogen (secondary N) is 2. The molecule has 8 heteroatoms. The summed E-state index contributed by atoms with van der Waals surface area (Å²) in [4.78, 5) is 40.8. The van der Waals surface area contributed by atoms with Crippen LogP contribution in [0.4, 0.5) is 10.5 Å². The number of hydrogen-bond donors (Lipinski definition) is 2. The lowest BCUT2D eigenvalue weighted by Crippen LogP contribution is -2.48. The minimum atomic E-state index is -0.772. The molecule has 4 rings (SSSR count). The fourth-order valence-corrected chi connectivity index (χ4v) is 4.50. The number of anilines is 1. The van der Waals surface area contributed by atoms with E-state index in [0.29, 0.717) is 42.1 Å². The first-order chi connectivity index (χ1) is 19.0. The lowest BCUT2D eigenvalue weighted by molar-refractivity contribution is -0.139. The number of benzene rings is 3. The van der Waals surface area contributed by atoms with E-state index in [9.17, 15) is 14.4 Å². The van der Waals surface area contributed by atoms with E-state index in [-0.39, 0.29) is 25.2 Å². The number of urea groups is 1. The second kappa shape index (κ2) is 13.4. The Morgan fingerprint density at radius 3 is 2.36 bits per heavy atom. The van der Waals surface area contributed by atoms with Crippen molar-refractivity contribution in [3.8, 4) is 0 Å². The van der Waals surface area contributed by atoms with Crippen molar-refractivity contribution in [2.75, 3.05) is 25.1 Å². The molecule has 0 aromatic heterocycles. The van der Waals surface area contributed by atoms with Crippen molar-refractivity contribution in [3.05, 3.63) is 107 Å². The van der Waals surface area contributed by atoms with Gasteiger partial charge in [-0.25, -0.2) is 9.59 Å². The molecule has 0 aliphatic carbocycles. The number of hydrogen-bond acceptors (Lipinski definition) is 5. The molecule has 0 spiro atoms. The SMILES string of the molecule is CCCN1C(=O)NC(c2cccc(NC(=O)COCc3ccccc3)c2)C(C(=O)OCC)=C1c1ccccc1. The zero-order valence-electron chi connectivity index (χ0n) is 22.2. The molecule has 8 nitrogen and oxygen atoms in total. The third-order valence-electron chi connectivity index (χ3n) is 6.16. The highest BCUT2D eigenvalue weighted by atomic mass is 16.5. The van der Waals surface area contributed by atoms with Gasteiger partial charge in [-0.05, 0) is 42.2 Å². The Balaban J connectivity index is 1.62. The van der Waals surface area contributed by atoms with Crippen LogP contribution in [0.1, 0.15) is 43.0 Å². The molecule has 0 fully saturated rings. The van der Waals surface area contributed by atoms with Crippen molar-refractivity contribution < 1.29 is 23.9 Å². The lowest BCUT2D eigenvalue weighted by Gasteiger charge is -2.37. The highest BCUT2D eigenvalue weighted by Gasteiger charge is 2.38. The van der Waals surface area contributed by atoms with E-state index < -0.39 is 12.0 Å². The van der Waals surface area contributed by atoms with Crippen LogP contribution >= 0.6 is 0 Å². The Kier molecular flexibility index (Phi) is 9.48. The van der Waals surface area contributed by atoms with E-state index in [1.165, 1.54) is 0 Å². The molecule has 3 aromatic carbocycles. The summed E-state index contributed by atoms with van der Waals surface area (Å²) in [6.07, 6.45) is 0.707. The molecule has 1 aliphatic rings. The quantitative estimate of drug-likeness (QED) is 0.330. The van der Waals surface area contributed by atoms with Gasteiger partial charge in [0.2, 0.25) is 5.91 Å². The molecule has 0 saturated carbocycles. The molecule has 3 aromatic rings. The molecule has 3 amide bonds. The van der Waals surface area contributed by atoms with Crippen LogP contribution in [0, 0.1) is 0 Å². The van der Waals surface area contributed by atoms with Crippen LogP contribution in [0.2, 0.25) is 0 Å². The average Bonchev–Trinajstić information content (AvgIpc) is 2.95. The van der Waals surface area contributed by atoms with Gasteiger partial charge in [-0.2, -0.15) is 0 Å². The number of ether oxygens (including phenoxy) is 2. The standard InChI is InChI=1S/C31H33N3O5/c1-3-18-34-29(23-14-9-6-10-15-23)27(30(36)39-4-2)28(33-31(34)37)24-16-11-17-25(19-24)32-26(35)21-38-20-22-12-7-5-8-13-22/h5-17,19,28H,3-4,18,20-21H2,1-2H3,(H,32,35)(H,33,37). The fourth-order valence-electron chi connectivity index (χ4n) is 4.50. The van der Waals surface area contributed by atoms with Crippen molar-refractivity contribution in [1.29, 1.82) is 0 Å². The van der Waals surface area contributed by atoms with E-state index in [1.54, 1.807) is 30.0 Å². The largest absolute Gasteiger partial charge is 0.463 e. The van der Waals surface area contributed by atoms with Crippen molar-refractivity contribution in [2.24, 2.45) is 0 Å². The van der Waals surface area contributed by atoms with Crippen LogP contribution in [0.15, 0.2) is 90.5 Å². The number of esters is 1. The molecule has 0 saturated heterocycles. The Hall–Kier alpha value is -4.43. The normalized spacial score (nSPS) is 15.1. The van der Waals surface area contributed by atoms with Gasteiger partial charge in [0.1, 0.15) is 6.61 Å². The zero-order chi connectivity index (χ0) is 27.6. The van der Waals surface area contributed by atoms with Gasteiger partial charge in [-0.3, -0.25) is 9.69 Å². The van der Waals surface area contributed by atoms with Crippen LogP contribution in [-0.2, 0) is 25.7 Å². The number of carbonyl (C=O) groups is 3. The first-order valence-electron chi connectivity index (χ1n) is 13.1. The number of amides is 3. The van der Waals surface area contributed by atoms with Crippen LogP contribution in [0.3, 0.4) is 0 Å². The third kappa shape index (κ3) is 6.91. The van der Waals surface area contributed by atoms with E-state index in [1.807, 2.05) is 73.7 Å². The van der Waals surface area contributed by atoms with E-state index in [0.717, 1.165) is 11.1 Å². The summed E-state index contributed by atoms with van der Waals surface area (Å²) in [6.45, 7) is 4.56. The van der Waals surface area contributed by atoms with Crippen molar-refractivity contribution in [3.63, 3.8) is 0 Å². The Labute approximate surface area is 228 Å². The van der Waals surface area contributed by atoms with E-state index in [4.69, 9.17) is 9.47 Å². The topological polar surface area (TPSA) is 97.0 Å². The molecule has 39 heavy (non-hydrogen) atoms. The molecule has 1 atom stereocenters. The lowest BCUT2D eigenvalue weighted by atomic mass is 9.91. The molecule has 1 heterocycles. The van der Waals surface area contributed by atoms with Gasteiger partial charge in [0.05, 0.1) is 30.5 Å². The van der Waals surface area contributed by atoms with Crippen molar-refractivity contribution in [1.82, 2.24) is 10.2 Å². The first-order valence-corrected chi connectivity index (χ1v) is 13.1. The molecule has 1 unspecified atom stereocenters. The van der Waals surface area contributed by atoms with Gasteiger partial charge in [0, 0.05) is 12.2 Å². The molecular formula is C31H33N3O5. The molecule has 202 valence electrons. The fraction of sp³-hybridized carbons (Fsp3) is 0.258. The summed E-state index contributed by atoms with van der Waals surface area (Å²) < 4.78 is 11.0. The number of rotatable bonds is 11. The van der Waals surface area contributed by atoms with Gasteiger partial charge < -0.3 is 20.1 Å². The maximum Gasteiger partial charge on any atom is 0.338 e. The smallest absolute Gasteiger partial charge is 0.338 e. The highest BCUT2D eigenvalue weighted by Crippen LogP contribution is 2.37. The van der Waals surface area contributed by atoms with Crippen LogP contribution in [0.25, 0.3) is 5.70 Å². The maximum absolute atomic E-state index is 13.4. The predicted octanol–water partition coefficient (Wildman–Crippen LogP) is 5.29. The van der Waals surface area contributed by atoms with Crippen LogP contribution in [0.5, 0.6) is 0 Å². The van der Waals surface area contributed by atoms with Gasteiger partial charge in [-0.15, -0.1) is 0 Å². The van der Waals surface area contributed by atoms with Crippen molar-refractivity contribution in [2.45, 2.75) is 32.9 Å². The summed E-state index contributed by atoms with van der Waals surface area (Å²) in [5.74, 6) is -0.817. The Morgan fingerprint density at radius 1 is 0.949 bits per heavy atom. The van der Waals surface area contributed by atoms with Gasteiger partial charge in [-0.1, -0.05) is 79.7 Å². The summed E-state index contributed by atoms with van der Waals surface area (Å²) in [5.41, 5.74) is 3.74. The second-order valence-electron chi connectivity index (χ2n) is 9.03. The maximum atomic E-state index is 13.4. The van der Waals surface area contributed by atoms with Gasteiger partial charge in [0.15, 0.2) is 0 Å². The molecular weight excluding hydrogens is 494 g/mol. The first kappa shape index (κ1) is 27.6. The molecule has 2 N–H and O–H groups in total. The predicted molar refractivity (Wildman–Crippen MR) is 149 cm³/mol. The summed E-state index contributed by atoms with van der Waals surface area (Å²) in [5, 5.41) is 5.82. The third-order valence-corrected chi connectivity index (χ3v) is 6.16. The minimum absolute atomic E-state index is 0.114. The second-order valence-corrected chi connectivity index (χ2v) is 9.03. The van der Waals surface area contributed by atoms with E-state index >= 15 is 0 Å². The Bertz CT molecular complexity index is 1320. The monoisotopic (exact) mass is 527 g/mol. The average molecular weight is 528 g/mol. The minimum Gasteiger partial charge on any atom is -0.463 e. The highest BCUT2D eigenvalue weighted by molar-refractivity contribution is 6.04. The zero-order valence-corrected chi connectivity index (χ0v) is 22.2. The van der Waals surface area contributed by atoms with Crippen LogP contribution < -0.4 is 10.6 Å². The molecule has 1 aliphatic heterocycles.